The Hall–Kier alpha value is -2.67. The van der Waals surface area contributed by atoms with Gasteiger partial charge in [-0.1, -0.05) is 87.5 Å². The molecule has 0 amide bonds. The molecule has 0 spiro atoms. The van der Waals surface area contributed by atoms with Crippen LogP contribution in [0, 0.1) is 5.92 Å². The Morgan fingerprint density at radius 1 is 0.846 bits per heavy atom. The van der Waals surface area contributed by atoms with Gasteiger partial charge in [0.25, 0.3) is 0 Å². The zero-order valence-corrected chi connectivity index (χ0v) is 15.9. The van der Waals surface area contributed by atoms with Crippen LogP contribution in [-0.4, -0.2) is 4.98 Å². The molecule has 132 valence electrons. The number of pyridine rings is 1. The van der Waals surface area contributed by atoms with Crippen LogP contribution in [0.4, 0.5) is 0 Å². The van der Waals surface area contributed by atoms with Gasteiger partial charge in [-0.25, -0.2) is 0 Å². The molecule has 0 N–H and O–H groups in total. The average Bonchev–Trinajstić information content (AvgIpc) is 2.68. The molecule has 0 radical (unpaired) electrons. The first-order valence-corrected chi connectivity index (χ1v) is 9.48. The Kier molecular flexibility index (Phi) is 6.01. The first-order chi connectivity index (χ1) is 12.7. The summed E-state index contributed by atoms with van der Waals surface area (Å²) in [6.45, 7) is 6.80. The van der Waals surface area contributed by atoms with Crippen LogP contribution >= 0.6 is 0 Å². The van der Waals surface area contributed by atoms with Gasteiger partial charge in [-0.15, -0.1) is 0 Å². The average molecular weight is 341 g/mol. The highest BCUT2D eigenvalue weighted by Gasteiger charge is 2.16. The summed E-state index contributed by atoms with van der Waals surface area (Å²) in [5.74, 6) is 1.07. The van der Waals surface area contributed by atoms with E-state index in [1.165, 1.54) is 16.8 Å². The van der Waals surface area contributed by atoms with Gasteiger partial charge in [-0.2, -0.15) is 0 Å². The van der Waals surface area contributed by atoms with E-state index in [9.17, 15) is 0 Å². The second-order valence-corrected chi connectivity index (χ2v) is 7.04. The maximum absolute atomic E-state index is 5.07. The van der Waals surface area contributed by atoms with Crippen molar-refractivity contribution >= 4 is 11.6 Å². The maximum atomic E-state index is 5.07. The largest absolute Gasteiger partial charge is 0.253 e. The summed E-state index contributed by atoms with van der Waals surface area (Å²) in [7, 11) is 0. The molecule has 0 aliphatic carbocycles. The molecule has 0 aliphatic heterocycles. The van der Waals surface area contributed by atoms with Gasteiger partial charge >= 0.3 is 0 Å². The molecule has 0 saturated heterocycles. The van der Waals surface area contributed by atoms with Gasteiger partial charge in [0, 0.05) is 17.2 Å². The Balaban J connectivity index is 2.10. The van der Waals surface area contributed by atoms with Crippen LogP contribution in [0.15, 0.2) is 78.9 Å². The van der Waals surface area contributed by atoms with E-state index < -0.39 is 0 Å². The van der Waals surface area contributed by atoms with E-state index in [1.807, 2.05) is 6.07 Å². The van der Waals surface area contributed by atoms with Gasteiger partial charge in [-0.05, 0) is 41.7 Å². The first kappa shape index (κ1) is 18.1. The molecule has 26 heavy (non-hydrogen) atoms. The van der Waals surface area contributed by atoms with E-state index in [0.29, 0.717) is 11.8 Å². The number of hydrogen-bond donors (Lipinski definition) is 0. The van der Waals surface area contributed by atoms with Crippen molar-refractivity contribution < 1.29 is 0 Å². The number of hydrogen-bond acceptors (Lipinski definition) is 1. The molecule has 2 aromatic carbocycles. The second-order valence-electron chi connectivity index (χ2n) is 7.04. The fourth-order valence-corrected chi connectivity index (χ4v) is 3.47. The first-order valence-electron chi connectivity index (χ1n) is 9.48. The number of rotatable bonds is 6. The number of aromatic nitrogens is 1. The number of nitrogens with zero attached hydrogens (tertiary/aromatic N) is 1. The molecule has 1 aromatic heterocycles. The normalized spacial score (nSPS) is 13.0. The highest BCUT2D eigenvalue weighted by atomic mass is 14.7. The lowest BCUT2D eigenvalue weighted by atomic mass is 9.89. The predicted molar refractivity (Wildman–Crippen MR) is 112 cm³/mol. The molecule has 1 atom stereocenters. The monoisotopic (exact) mass is 341 g/mol. The van der Waals surface area contributed by atoms with Crippen molar-refractivity contribution in [2.45, 2.75) is 33.1 Å². The molecule has 0 bridgehead atoms. The van der Waals surface area contributed by atoms with Crippen LogP contribution in [0.3, 0.4) is 0 Å². The zero-order chi connectivity index (χ0) is 18.4. The van der Waals surface area contributed by atoms with Crippen LogP contribution in [0.1, 0.15) is 55.6 Å². The SMILES string of the molecule is CCC(c1cccc(C(=Cc2ccccc2)c2ccccc2)n1)C(C)C. The molecule has 0 aliphatic rings. The zero-order valence-electron chi connectivity index (χ0n) is 15.9. The van der Waals surface area contributed by atoms with Gasteiger partial charge < -0.3 is 0 Å². The summed E-state index contributed by atoms with van der Waals surface area (Å²) < 4.78 is 0. The van der Waals surface area contributed by atoms with Crippen molar-refractivity contribution in [1.29, 1.82) is 0 Å². The van der Waals surface area contributed by atoms with Crippen LogP contribution < -0.4 is 0 Å². The highest BCUT2D eigenvalue weighted by Crippen LogP contribution is 2.29. The summed E-state index contributed by atoms with van der Waals surface area (Å²) >= 11 is 0. The quantitative estimate of drug-likeness (QED) is 0.448. The van der Waals surface area contributed by atoms with Gasteiger partial charge in [0.1, 0.15) is 0 Å². The molecule has 0 fully saturated rings. The molecule has 3 aromatic rings. The minimum absolute atomic E-state index is 0.490. The maximum Gasteiger partial charge on any atom is 0.0711 e. The minimum Gasteiger partial charge on any atom is -0.253 e. The van der Waals surface area contributed by atoms with Crippen LogP contribution in [0.25, 0.3) is 11.6 Å². The molecule has 1 heterocycles. The van der Waals surface area contributed by atoms with Crippen LogP contribution in [0.2, 0.25) is 0 Å². The van der Waals surface area contributed by atoms with Crippen molar-refractivity contribution in [1.82, 2.24) is 4.98 Å². The Morgan fingerprint density at radius 3 is 2.12 bits per heavy atom. The van der Waals surface area contributed by atoms with Crippen LogP contribution in [0.5, 0.6) is 0 Å². The van der Waals surface area contributed by atoms with Crippen molar-refractivity contribution in [2.75, 3.05) is 0 Å². The van der Waals surface area contributed by atoms with E-state index in [0.717, 1.165) is 17.7 Å². The molecular formula is C25H27N. The van der Waals surface area contributed by atoms with Crippen molar-refractivity contribution in [3.63, 3.8) is 0 Å². The topological polar surface area (TPSA) is 12.9 Å². The van der Waals surface area contributed by atoms with E-state index in [-0.39, 0.29) is 0 Å². The number of benzene rings is 2. The molecule has 1 unspecified atom stereocenters. The molecule has 3 rings (SSSR count). The van der Waals surface area contributed by atoms with E-state index in [2.05, 4.69) is 99.6 Å². The lowest BCUT2D eigenvalue weighted by Gasteiger charge is -2.19. The Bertz CT molecular complexity index is 848. The minimum atomic E-state index is 0.490. The second kappa shape index (κ2) is 8.62. The van der Waals surface area contributed by atoms with Gasteiger partial charge in [-0.3, -0.25) is 4.98 Å². The molecule has 1 heteroatoms. The molecular weight excluding hydrogens is 314 g/mol. The fraction of sp³-hybridized carbons (Fsp3) is 0.240. The fourth-order valence-electron chi connectivity index (χ4n) is 3.47. The Labute approximate surface area is 157 Å². The summed E-state index contributed by atoms with van der Waals surface area (Å²) in [6, 6.07) is 27.4. The lowest BCUT2D eigenvalue weighted by Crippen LogP contribution is -2.08. The summed E-state index contributed by atoms with van der Waals surface area (Å²) in [4.78, 5) is 5.07. The summed E-state index contributed by atoms with van der Waals surface area (Å²) in [5, 5.41) is 0. The standard InChI is InChI=1S/C25H27N/c1-4-22(19(2)3)24-16-11-17-25(26-24)23(21-14-9-6-10-15-21)18-20-12-7-5-8-13-20/h5-19,22H,4H2,1-3H3. The van der Waals surface area contributed by atoms with Crippen molar-refractivity contribution in [3.8, 4) is 0 Å². The van der Waals surface area contributed by atoms with E-state index >= 15 is 0 Å². The van der Waals surface area contributed by atoms with Gasteiger partial charge in [0.05, 0.1) is 5.69 Å². The predicted octanol–water partition coefficient (Wildman–Crippen LogP) is 6.82. The third-order valence-corrected chi connectivity index (χ3v) is 4.87. The highest BCUT2D eigenvalue weighted by molar-refractivity contribution is 5.90. The molecule has 1 nitrogen and oxygen atoms in total. The van der Waals surface area contributed by atoms with Crippen molar-refractivity contribution in [3.05, 3.63) is 101 Å². The third-order valence-electron chi connectivity index (χ3n) is 4.87. The van der Waals surface area contributed by atoms with Crippen LogP contribution in [-0.2, 0) is 0 Å². The molecule has 0 saturated carbocycles. The third kappa shape index (κ3) is 4.29. The van der Waals surface area contributed by atoms with E-state index in [4.69, 9.17) is 4.98 Å². The smallest absolute Gasteiger partial charge is 0.0711 e. The van der Waals surface area contributed by atoms with E-state index in [1.54, 1.807) is 0 Å². The summed E-state index contributed by atoms with van der Waals surface area (Å²) in [6.07, 6.45) is 3.34. The van der Waals surface area contributed by atoms with Gasteiger partial charge in [0.15, 0.2) is 0 Å². The summed E-state index contributed by atoms with van der Waals surface area (Å²) in [5.41, 5.74) is 5.77. The van der Waals surface area contributed by atoms with Crippen molar-refractivity contribution in [2.24, 2.45) is 5.92 Å². The lowest BCUT2D eigenvalue weighted by molar-refractivity contribution is 0.475. The van der Waals surface area contributed by atoms with Gasteiger partial charge in [0.2, 0.25) is 0 Å². The Morgan fingerprint density at radius 2 is 1.50 bits per heavy atom.